The molecule has 0 spiro atoms. The molecule has 5 heteroatoms. The van der Waals surface area contributed by atoms with Crippen molar-refractivity contribution in [3.8, 4) is 0 Å². The van der Waals surface area contributed by atoms with Gasteiger partial charge in [0.2, 0.25) is 5.91 Å². The molecule has 1 aromatic heterocycles. The van der Waals surface area contributed by atoms with E-state index in [0.29, 0.717) is 11.6 Å². The highest BCUT2D eigenvalue weighted by Gasteiger charge is 2.02. The first-order chi connectivity index (χ1) is 5.22. The Kier molecular flexibility index (Phi) is 2.53. The summed E-state index contributed by atoms with van der Waals surface area (Å²) in [7, 11) is 0. The van der Waals surface area contributed by atoms with Gasteiger partial charge in [-0.15, -0.1) is 0 Å². The van der Waals surface area contributed by atoms with Crippen molar-refractivity contribution in [1.29, 1.82) is 0 Å². The van der Waals surface area contributed by atoms with Crippen LogP contribution < -0.4 is 5.32 Å². The van der Waals surface area contributed by atoms with Gasteiger partial charge in [-0.05, 0) is 0 Å². The number of amides is 1. The fourth-order valence-corrected chi connectivity index (χ4v) is 1.08. The Morgan fingerprint density at radius 3 is 3.09 bits per heavy atom. The van der Waals surface area contributed by atoms with E-state index in [1.54, 1.807) is 6.92 Å². The number of rotatable bonds is 2. The average molecular weight is 174 g/mol. The highest BCUT2D eigenvalue weighted by Crippen LogP contribution is 2.15. The number of hydrogen-bond acceptors (Lipinski definition) is 3. The molecule has 1 amide bonds. The zero-order valence-electron chi connectivity index (χ0n) is 5.93. The summed E-state index contributed by atoms with van der Waals surface area (Å²) in [6.07, 6.45) is 1.46. The highest BCUT2D eigenvalue weighted by atomic mass is 32.1. The van der Waals surface area contributed by atoms with Crippen molar-refractivity contribution in [1.82, 2.24) is 4.98 Å². The van der Waals surface area contributed by atoms with Gasteiger partial charge in [0.1, 0.15) is 0 Å². The summed E-state index contributed by atoms with van der Waals surface area (Å²) in [5.41, 5.74) is 0. The smallest absolute Gasteiger partial charge is 0.225 e. The molecule has 0 unspecified atom stereocenters. The minimum absolute atomic E-state index is 0.153. The summed E-state index contributed by atoms with van der Waals surface area (Å²) in [5, 5.41) is 2.36. The van der Waals surface area contributed by atoms with Crippen molar-refractivity contribution in [2.45, 2.75) is 13.3 Å². The summed E-state index contributed by atoms with van der Waals surface area (Å²) >= 11 is 0.822. The van der Waals surface area contributed by atoms with Gasteiger partial charge in [0.25, 0.3) is 0 Å². The van der Waals surface area contributed by atoms with Crippen molar-refractivity contribution >= 4 is 22.4 Å². The third kappa shape index (κ3) is 2.27. The molecule has 0 fully saturated rings. The lowest BCUT2D eigenvalue weighted by Crippen LogP contribution is -2.08. The predicted octanol–water partition coefficient (Wildman–Crippen LogP) is 1.63. The first kappa shape index (κ1) is 8.13. The summed E-state index contributed by atoms with van der Waals surface area (Å²) < 4.78 is 12.3. The number of anilines is 1. The van der Waals surface area contributed by atoms with E-state index >= 15 is 0 Å². The fourth-order valence-electron chi connectivity index (χ4n) is 0.520. The molecule has 1 heterocycles. The SMILES string of the molecule is CCC(=O)Nc1ncc(F)s1. The van der Waals surface area contributed by atoms with E-state index < -0.39 is 5.13 Å². The minimum Gasteiger partial charge on any atom is -0.302 e. The number of hydrogen-bond donors (Lipinski definition) is 1. The van der Waals surface area contributed by atoms with Crippen molar-refractivity contribution in [2.24, 2.45) is 0 Å². The van der Waals surface area contributed by atoms with Crippen molar-refractivity contribution in [3.05, 3.63) is 11.3 Å². The molecule has 0 aliphatic rings. The van der Waals surface area contributed by atoms with Crippen molar-refractivity contribution in [3.63, 3.8) is 0 Å². The Balaban J connectivity index is 2.57. The van der Waals surface area contributed by atoms with Crippen molar-refractivity contribution < 1.29 is 9.18 Å². The second kappa shape index (κ2) is 3.43. The summed E-state index contributed by atoms with van der Waals surface area (Å²) in [4.78, 5) is 14.3. The maximum absolute atomic E-state index is 12.3. The van der Waals surface area contributed by atoms with E-state index in [0.717, 1.165) is 17.5 Å². The number of carbonyl (C=O) groups is 1. The van der Waals surface area contributed by atoms with E-state index in [9.17, 15) is 9.18 Å². The second-order valence-corrected chi connectivity index (χ2v) is 2.85. The summed E-state index contributed by atoms with van der Waals surface area (Å²) in [6.45, 7) is 1.72. The average Bonchev–Trinajstić information content (AvgIpc) is 2.35. The molecule has 0 saturated heterocycles. The van der Waals surface area contributed by atoms with Crippen LogP contribution in [0, 0.1) is 5.13 Å². The number of carbonyl (C=O) groups excluding carboxylic acids is 1. The fraction of sp³-hybridized carbons (Fsp3) is 0.333. The molecule has 1 N–H and O–H groups in total. The number of nitrogens with one attached hydrogen (secondary N) is 1. The normalized spacial score (nSPS) is 9.64. The van der Waals surface area contributed by atoms with Gasteiger partial charge >= 0.3 is 0 Å². The molecule has 60 valence electrons. The third-order valence-electron chi connectivity index (χ3n) is 1.04. The molecule has 0 aromatic carbocycles. The Hall–Kier alpha value is -0.970. The van der Waals surface area contributed by atoms with Crippen LogP contribution in [0.2, 0.25) is 0 Å². The number of nitrogens with zero attached hydrogens (tertiary/aromatic N) is 1. The lowest BCUT2D eigenvalue weighted by atomic mass is 10.5. The lowest BCUT2D eigenvalue weighted by Gasteiger charge is -1.94. The molecule has 3 nitrogen and oxygen atoms in total. The van der Waals surface area contributed by atoms with Gasteiger partial charge in [0.05, 0.1) is 6.20 Å². The van der Waals surface area contributed by atoms with E-state index in [1.165, 1.54) is 0 Å². The Morgan fingerprint density at radius 2 is 2.64 bits per heavy atom. The maximum Gasteiger partial charge on any atom is 0.225 e. The van der Waals surface area contributed by atoms with Crippen LogP contribution in [0.4, 0.5) is 9.52 Å². The van der Waals surface area contributed by atoms with Gasteiger partial charge < -0.3 is 5.32 Å². The van der Waals surface area contributed by atoms with Crippen LogP contribution in [0.5, 0.6) is 0 Å². The van der Waals surface area contributed by atoms with E-state index in [-0.39, 0.29) is 5.91 Å². The molecule has 11 heavy (non-hydrogen) atoms. The first-order valence-electron chi connectivity index (χ1n) is 3.13. The largest absolute Gasteiger partial charge is 0.302 e. The van der Waals surface area contributed by atoms with Gasteiger partial charge in [-0.25, -0.2) is 4.98 Å². The lowest BCUT2D eigenvalue weighted by molar-refractivity contribution is -0.115. The quantitative estimate of drug-likeness (QED) is 0.740. The van der Waals surface area contributed by atoms with Gasteiger partial charge in [-0.1, -0.05) is 18.3 Å². The van der Waals surface area contributed by atoms with Gasteiger partial charge in [0.15, 0.2) is 10.3 Å². The molecular weight excluding hydrogens is 167 g/mol. The van der Waals surface area contributed by atoms with E-state index in [2.05, 4.69) is 10.3 Å². The van der Waals surface area contributed by atoms with Gasteiger partial charge in [0, 0.05) is 6.42 Å². The number of thiazole rings is 1. The molecule has 0 bridgehead atoms. The van der Waals surface area contributed by atoms with Crippen LogP contribution in [0.3, 0.4) is 0 Å². The van der Waals surface area contributed by atoms with Crippen LogP contribution in [-0.4, -0.2) is 10.9 Å². The van der Waals surface area contributed by atoms with Gasteiger partial charge in [-0.3, -0.25) is 4.79 Å². The van der Waals surface area contributed by atoms with Crippen LogP contribution in [0.25, 0.3) is 0 Å². The minimum atomic E-state index is -0.392. The molecule has 0 saturated carbocycles. The zero-order valence-corrected chi connectivity index (χ0v) is 6.74. The molecule has 0 atom stereocenters. The Labute approximate surface area is 67.3 Å². The summed E-state index contributed by atoms with van der Waals surface area (Å²) in [5.74, 6) is -0.153. The molecule has 1 rings (SSSR count). The highest BCUT2D eigenvalue weighted by molar-refractivity contribution is 7.14. The first-order valence-corrected chi connectivity index (χ1v) is 3.95. The topological polar surface area (TPSA) is 42.0 Å². The number of halogens is 1. The van der Waals surface area contributed by atoms with E-state index in [4.69, 9.17) is 0 Å². The van der Waals surface area contributed by atoms with Gasteiger partial charge in [-0.2, -0.15) is 4.39 Å². The summed E-state index contributed by atoms with van der Waals surface area (Å²) in [6, 6.07) is 0. The van der Waals surface area contributed by atoms with Crippen molar-refractivity contribution in [2.75, 3.05) is 5.32 Å². The third-order valence-corrected chi connectivity index (χ3v) is 1.75. The predicted molar refractivity (Wildman–Crippen MR) is 41.0 cm³/mol. The van der Waals surface area contributed by atoms with Crippen LogP contribution in [0.15, 0.2) is 6.20 Å². The zero-order chi connectivity index (χ0) is 8.27. The maximum atomic E-state index is 12.3. The standard InChI is InChI=1S/C6H7FN2OS/c1-2-5(10)9-6-8-3-4(7)11-6/h3H,2H2,1H3,(H,8,9,10). The molecule has 1 aromatic rings. The van der Waals surface area contributed by atoms with Crippen LogP contribution in [0.1, 0.15) is 13.3 Å². The molecular formula is C6H7FN2OS. The van der Waals surface area contributed by atoms with E-state index in [1.807, 2.05) is 0 Å². The molecule has 0 radical (unpaired) electrons. The van der Waals surface area contributed by atoms with Crippen LogP contribution in [-0.2, 0) is 4.79 Å². The Morgan fingerprint density at radius 1 is 1.91 bits per heavy atom. The monoisotopic (exact) mass is 174 g/mol. The second-order valence-electron chi connectivity index (χ2n) is 1.87. The molecule has 0 aliphatic carbocycles. The Bertz CT molecular complexity index is 261. The number of aromatic nitrogens is 1. The molecule has 0 aliphatic heterocycles. The van der Waals surface area contributed by atoms with Crippen LogP contribution >= 0.6 is 11.3 Å².